The monoisotopic (exact) mass is 545 g/mol. The number of rotatable bonds is 12. The van der Waals surface area contributed by atoms with Crippen LogP contribution in [0.1, 0.15) is 46.9 Å². The number of hydrogen-bond donors (Lipinski definition) is 0. The highest BCUT2D eigenvalue weighted by Crippen LogP contribution is 2.16. The van der Waals surface area contributed by atoms with E-state index in [2.05, 4.69) is 11.5 Å². The third-order valence-electron chi connectivity index (χ3n) is 6.60. The Hall–Kier alpha value is -3.90. The lowest BCUT2D eigenvalue weighted by Gasteiger charge is -2.28. The Morgan fingerprint density at radius 2 is 1.54 bits per heavy atom. The van der Waals surface area contributed by atoms with Gasteiger partial charge in [0.25, 0.3) is 5.91 Å². The van der Waals surface area contributed by atoms with Gasteiger partial charge in [0.05, 0.1) is 6.54 Å². The number of amides is 2. The smallest absolute Gasteiger partial charge is 0.254 e. The zero-order valence-corrected chi connectivity index (χ0v) is 22.9. The average molecular weight is 546 g/mol. The maximum absolute atomic E-state index is 13.8. The van der Waals surface area contributed by atoms with E-state index < -0.39 is 0 Å². The molecule has 0 aliphatic rings. The number of hydrogen-bond acceptors (Lipinski definition) is 2. The number of carbonyl (C=O) groups excluding carboxylic acids is 2. The summed E-state index contributed by atoms with van der Waals surface area (Å²) < 4.78 is 15.5. The Morgan fingerprint density at radius 1 is 0.821 bits per heavy atom. The Kier molecular flexibility index (Phi) is 9.92. The van der Waals surface area contributed by atoms with Crippen LogP contribution in [0.5, 0.6) is 0 Å². The molecule has 0 atom stereocenters. The van der Waals surface area contributed by atoms with Gasteiger partial charge in [0.15, 0.2) is 0 Å². The van der Waals surface area contributed by atoms with Gasteiger partial charge in [-0.2, -0.15) is 0 Å². The summed E-state index contributed by atoms with van der Waals surface area (Å²) in [6.45, 7) is 3.88. The van der Waals surface area contributed by atoms with E-state index in [0.717, 1.165) is 29.7 Å². The Labute approximate surface area is 234 Å². The van der Waals surface area contributed by atoms with Gasteiger partial charge in [0.1, 0.15) is 12.4 Å². The molecule has 0 spiro atoms. The molecule has 1 heterocycles. The van der Waals surface area contributed by atoms with Gasteiger partial charge in [-0.1, -0.05) is 67.4 Å². The summed E-state index contributed by atoms with van der Waals surface area (Å²) in [5.74, 6) is -0.591. The lowest BCUT2D eigenvalue weighted by molar-refractivity contribution is -0.133. The molecule has 0 unspecified atom stereocenters. The topological polar surface area (TPSA) is 45.6 Å². The van der Waals surface area contributed by atoms with Crippen molar-refractivity contribution in [3.63, 3.8) is 0 Å². The normalized spacial score (nSPS) is 10.8. The average Bonchev–Trinajstić information content (AvgIpc) is 3.38. The predicted molar refractivity (Wildman–Crippen MR) is 153 cm³/mol. The van der Waals surface area contributed by atoms with Crippen LogP contribution in [-0.2, 0) is 24.4 Å². The van der Waals surface area contributed by atoms with Gasteiger partial charge < -0.3 is 14.4 Å². The summed E-state index contributed by atoms with van der Waals surface area (Å²) in [6, 6.07) is 27.0. The standard InChI is InChI=1S/C32H33ClFN3O2/c1-2-3-19-36(32(39)27-13-15-28(33)16-14-27)24-31(38)37(22-25-8-5-4-6-9-25)23-30-10-7-20-35(30)21-26-11-17-29(34)18-12-26/h4-18,20H,2-3,19,21-24H2,1H3. The first-order valence-electron chi connectivity index (χ1n) is 13.2. The fourth-order valence-electron chi connectivity index (χ4n) is 4.41. The number of aromatic nitrogens is 1. The van der Waals surface area contributed by atoms with E-state index in [1.165, 1.54) is 12.1 Å². The fraction of sp³-hybridized carbons (Fsp3) is 0.250. The number of nitrogens with zero attached hydrogens (tertiary/aromatic N) is 3. The van der Waals surface area contributed by atoms with E-state index in [0.29, 0.717) is 36.8 Å². The third kappa shape index (κ3) is 8.04. The van der Waals surface area contributed by atoms with Crippen LogP contribution < -0.4 is 0 Å². The predicted octanol–water partition coefficient (Wildman–Crippen LogP) is 6.80. The summed E-state index contributed by atoms with van der Waals surface area (Å²) in [5.41, 5.74) is 3.43. The molecule has 3 aromatic carbocycles. The maximum atomic E-state index is 13.8. The molecule has 0 radical (unpaired) electrons. The second kappa shape index (κ2) is 13.8. The van der Waals surface area contributed by atoms with Crippen LogP contribution in [0.2, 0.25) is 5.02 Å². The molecule has 4 aromatic rings. The van der Waals surface area contributed by atoms with Crippen molar-refractivity contribution in [2.75, 3.05) is 13.1 Å². The summed E-state index contributed by atoms with van der Waals surface area (Å²) in [5, 5.41) is 0.556. The largest absolute Gasteiger partial charge is 0.345 e. The summed E-state index contributed by atoms with van der Waals surface area (Å²) in [4.78, 5) is 30.6. The van der Waals surface area contributed by atoms with Crippen molar-refractivity contribution in [3.05, 3.63) is 130 Å². The molecular formula is C32H33ClFN3O2. The second-order valence-corrected chi connectivity index (χ2v) is 10.0. The van der Waals surface area contributed by atoms with Crippen molar-refractivity contribution in [1.29, 1.82) is 0 Å². The van der Waals surface area contributed by atoms with Crippen LogP contribution in [0, 0.1) is 5.82 Å². The first-order chi connectivity index (χ1) is 18.9. The molecule has 5 nitrogen and oxygen atoms in total. The molecule has 0 aliphatic heterocycles. The molecule has 0 saturated carbocycles. The minimum atomic E-state index is -0.271. The minimum absolute atomic E-state index is 0.0209. The second-order valence-electron chi connectivity index (χ2n) is 9.58. The van der Waals surface area contributed by atoms with Gasteiger partial charge >= 0.3 is 0 Å². The highest BCUT2D eigenvalue weighted by Gasteiger charge is 2.23. The number of benzene rings is 3. The van der Waals surface area contributed by atoms with Gasteiger partial charge in [0, 0.05) is 42.1 Å². The first-order valence-corrected chi connectivity index (χ1v) is 13.6. The van der Waals surface area contributed by atoms with Gasteiger partial charge in [-0.15, -0.1) is 0 Å². The van der Waals surface area contributed by atoms with E-state index in [-0.39, 0.29) is 24.2 Å². The molecule has 202 valence electrons. The molecule has 2 amide bonds. The van der Waals surface area contributed by atoms with Crippen molar-refractivity contribution < 1.29 is 14.0 Å². The van der Waals surface area contributed by atoms with Crippen LogP contribution in [0.4, 0.5) is 4.39 Å². The Morgan fingerprint density at radius 3 is 2.23 bits per heavy atom. The maximum Gasteiger partial charge on any atom is 0.254 e. The number of halogens is 2. The molecule has 0 aliphatic carbocycles. The van der Waals surface area contributed by atoms with Crippen LogP contribution in [-0.4, -0.2) is 39.3 Å². The zero-order chi connectivity index (χ0) is 27.6. The van der Waals surface area contributed by atoms with Gasteiger partial charge in [-0.25, -0.2) is 4.39 Å². The van der Waals surface area contributed by atoms with Crippen molar-refractivity contribution in [2.24, 2.45) is 0 Å². The first kappa shape index (κ1) is 28.1. The van der Waals surface area contributed by atoms with Gasteiger partial charge in [-0.3, -0.25) is 9.59 Å². The molecule has 4 rings (SSSR count). The van der Waals surface area contributed by atoms with Crippen LogP contribution >= 0.6 is 11.6 Å². The van der Waals surface area contributed by atoms with Gasteiger partial charge in [0.2, 0.25) is 5.91 Å². The number of carbonyl (C=O) groups is 2. The van der Waals surface area contributed by atoms with Crippen LogP contribution in [0.25, 0.3) is 0 Å². The summed E-state index contributed by atoms with van der Waals surface area (Å²) in [6.07, 6.45) is 3.66. The third-order valence-corrected chi connectivity index (χ3v) is 6.85. The molecule has 0 N–H and O–H groups in total. The minimum Gasteiger partial charge on any atom is -0.345 e. The lowest BCUT2D eigenvalue weighted by atomic mass is 10.1. The SMILES string of the molecule is CCCCN(CC(=O)N(Cc1ccccc1)Cc1cccn1Cc1ccc(F)cc1)C(=O)c1ccc(Cl)cc1. The molecule has 0 saturated heterocycles. The van der Waals surface area contributed by atoms with E-state index in [4.69, 9.17) is 11.6 Å². The van der Waals surface area contributed by atoms with E-state index in [9.17, 15) is 14.0 Å². The quantitative estimate of drug-likeness (QED) is 0.196. The van der Waals surface area contributed by atoms with Crippen LogP contribution in [0.15, 0.2) is 97.2 Å². The summed E-state index contributed by atoms with van der Waals surface area (Å²) in [7, 11) is 0. The van der Waals surface area contributed by atoms with E-state index in [1.807, 2.05) is 48.7 Å². The number of unbranched alkanes of at least 4 members (excludes halogenated alkanes) is 1. The highest BCUT2D eigenvalue weighted by atomic mass is 35.5. The molecule has 0 fully saturated rings. The molecule has 39 heavy (non-hydrogen) atoms. The summed E-state index contributed by atoms with van der Waals surface area (Å²) >= 11 is 6.02. The molecule has 7 heteroatoms. The van der Waals surface area contributed by atoms with E-state index >= 15 is 0 Å². The Bertz CT molecular complexity index is 1350. The molecule has 1 aromatic heterocycles. The fourth-order valence-corrected chi connectivity index (χ4v) is 4.53. The molecule has 0 bridgehead atoms. The Balaban J connectivity index is 1.55. The van der Waals surface area contributed by atoms with Crippen LogP contribution in [0.3, 0.4) is 0 Å². The van der Waals surface area contributed by atoms with Crippen molar-refractivity contribution in [3.8, 4) is 0 Å². The van der Waals surface area contributed by atoms with Crippen molar-refractivity contribution >= 4 is 23.4 Å². The van der Waals surface area contributed by atoms with Gasteiger partial charge in [-0.05, 0) is 66.1 Å². The zero-order valence-electron chi connectivity index (χ0n) is 22.1. The van der Waals surface area contributed by atoms with Crippen molar-refractivity contribution in [1.82, 2.24) is 14.4 Å². The van der Waals surface area contributed by atoms with E-state index in [1.54, 1.807) is 46.2 Å². The lowest BCUT2D eigenvalue weighted by Crippen LogP contribution is -2.43. The van der Waals surface area contributed by atoms with Crippen molar-refractivity contribution in [2.45, 2.75) is 39.4 Å². The molecular weight excluding hydrogens is 513 g/mol. The highest BCUT2D eigenvalue weighted by molar-refractivity contribution is 6.30.